The Bertz CT molecular complexity index is 395. The molecule has 0 aliphatic carbocycles. The molecule has 20 heavy (non-hydrogen) atoms. The van der Waals surface area contributed by atoms with Crippen molar-refractivity contribution < 1.29 is 4.79 Å². The second-order valence-electron chi connectivity index (χ2n) is 7.54. The van der Waals surface area contributed by atoms with E-state index in [1.54, 1.807) is 0 Å². The van der Waals surface area contributed by atoms with Crippen molar-refractivity contribution in [2.75, 3.05) is 6.54 Å². The van der Waals surface area contributed by atoms with Crippen LogP contribution >= 0.6 is 0 Å². The number of nitrogens with zero attached hydrogens (tertiary/aromatic N) is 1. The van der Waals surface area contributed by atoms with E-state index in [-0.39, 0.29) is 22.4 Å². The van der Waals surface area contributed by atoms with Crippen molar-refractivity contribution in [3.05, 3.63) is 11.8 Å². The Morgan fingerprint density at radius 2 is 1.80 bits per heavy atom. The van der Waals surface area contributed by atoms with Crippen molar-refractivity contribution >= 4 is 5.91 Å². The van der Waals surface area contributed by atoms with Crippen molar-refractivity contribution in [1.82, 2.24) is 10.6 Å². The minimum atomic E-state index is -0.319. The fourth-order valence-electron chi connectivity index (χ4n) is 2.19. The molecule has 0 saturated carbocycles. The minimum absolute atomic E-state index is 0.118. The zero-order valence-corrected chi connectivity index (χ0v) is 13.9. The summed E-state index contributed by atoms with van der Waals surface area (Å²) in [5.41, 5.74) is 0.128. The standard InChI is InChI=1S/C16H29N3O/c1-12(2)9-18-14(20)13(8-17)10-19-16(6,7)11-15(3,4)5/h10,12,19H,9,11H2,1-7H3,(H,18,20)/b13-10-. The van der Waals surface area contributed by atoms with E-state index >= 15 is 0 Å². The van der Waals surface area contributed by atoms with Crippen LogP contribution in [0.3, 0.4) is 0 Å². The van der Waals surface area contributed by atoms with Gasteiger partial charge in [-0.2, -0.15) is 5.26 Å². The van der Waals surface area contributed by atoms with Crippen LogP contribution in [0.25, 0.3) is 0 Å². The first kappa shape index (κ1) is 18.5. The molecule has 0 aliphatic heterocycles. The molecule has 4 heteroatoms. The van der Waals surface area contributed by atoms with Gasteiger partial charge in [-0.15, -0.1) is 0 Å². The Balaban J connectivity index is 4.68. The maximum absolute atomic E-state index is 11.8. The van der Waals surface area contributed by atoms with Crippen LogP contribution in [0.4, 0.5) is 0 Å². The lowest BCUT2D eigenvalue weighted by atomic mass is 9.82. The molecule has 0 saturated heterocycles. The first-order valence-corrected chi connectivity index (χ1v) is 7.13. The molecule has 0 aromatic rings. The lowest BCUT2D eigenvalue weighted by Crippen LogP contribution is -2.40. The quantitative estimate of drug-likeness (QED) is 0.580. The van der Waals surface area contributed by atoms with Gasteiger partial charge in [0, 0.05) is 18.3 Å². The predicted molar refractivity (Wildman–Crippen MR) is 82.8 cm³/mol. The Morgan fingerprint density at radius 3 is 2.20 bits per heavy atom. The molecule has 2 N–H and O–H groups in total. The van der Waals surface area contributed by atoms with Gasteiger partial charge >= 0.3 is 0 Å². The Morgan fingerprint density at radius 1 is 1.25 bits per heavy atom. The number of carbonyl (C=O) groups excluding carboxylic acids is 1. The number of hydrogen-bond acceptors (Lipinski definition) is 3. The second kappa shape index (κ2) is 7.33. The van der Waals surface area contributed by atoms with Crippen molar-refractivity contribution in [2.45, 2.75) is 60.4 Å². The summed E-state index contributed by atoms with van der Waals surface area (Å²) in [7, 11) is 0. The third-order valence-corrected chi connectivity index (χ3v) is 2.62. The van der Waals surface area contributed by atoms with Crippen molar-refractivity contribution in [3.63, 3.8) is 0 Å². The summed E-state index contributed by atoms with van der Waals surface area (Å²) in [6.45, 7) is 15.2. The van der Waals surface area contributed by atoms with Crippen LogP contribution in [0.15, 0.2) is 11.8 Å². The average molecular weight is 279 g/mol. The maximum atomic E-state index is 11.8. The Labute approximate surface area is 123 Å². The van der Waals surface area contributed by atoms with Gasteiger partial charge in [-0.25, -0.2) is 0 Å². The van der Waals surface area contributed by atoms with E-state index in [0.717, 1.165) is 6.42 Å². The molecule has 0 heterocycles. The largest absolute Gasteiger partial charge is 0.385 e. The molecule has 0 unspecified atom stereocenters. The molecule has 1 amide bonds. The topological polar surface area (TPSA) is 64.9 Å². The zero-order valence-electron chi connectivity index (χ0n) is 13.9. The molecule has 0 spiro atoms. The number of carbonyl (C=O) groups is 1. The van der Waals surface area contributed by atoms with E-state index in [2.05, 4.69) is 45.3 Å². The highest BCUT2D eigenvalue weighted by molar-refractivity contribution is 5.97. The van der Waals surface area contributed by atoms with Crippen LogP contribution in [0.2, 0.25) is 0 Å². The smallest absolute Gasteiger partial charge is 0.263 e. The van der Waals surface area contributed by atoms with Gasteiger partial charge in [-0.05, 0) is 31.6 Å². The van der Waals surface area contributed by atoms with Crippen LogP contribution in [0, 0.1) is 22.7 Å². The summed E-state index contributed by atoms with van der Waals surface area (Å²) < 4.78 is 0. The summed E-state index contributed by atoms with van der Waals surface area (Å²) in [6.07, 6.45) is 2.46. The molecule has 0 fully saturated rings. The van der Waals surface area contributed by atoms with E-state index in [1.165, 1.54) is 6.20 Å². The van der Waals surface area contributed by atoms with E-state index < -0.39 is 0 Å². The third-order valence-electron chi connectivity index (χ3n) is 2.62. The van der Waals surface area contributed by atoms with Crippen LogP contribution in [-0.4, -0.2) is 18.0 Å². The van der Waals surface area contributed by atoms with Crippen molar-refractivity contribution in [1.29, 1.82) is 5.26 Å². The van der Waals surface area contributed by atoms with E-state index in [9.17, 15) is 4.79 Å². The number of nitriles is 1. The Kier molecular flexibility index (Phi) is 6.78. The van der Waals surface area contributed by atoms with Gasteiger partial charge in [0.05, 0.1) is 0 Å². The third kappa shape index (κ3) is 8.58. The van der Waals surface area contributed by atoms with Crippen LogP contribution in [0.5, 0.6) is 0 Å². The molecule has 114 valence electrons. The summed E-state index contributed by atoms with van der Waals surface area (Å²) in [4.78, 5) is 11.8. The van der Waals surface area contributed by atoms with Crippen LogP contribution < -0.4 is 10.6 Å². The highest BCUT2D eigenvalue weighted by Crippen LogP contribution is 2.26. The summed E-state index contributed by atoms with van der Waals surface area (Å²) in [5, 5.41) is 15.0. The lowest BCUT2D eigenvalue weighted by Gasteiger charge is -2.33. The predicted octanol–water partition coefficient (Wildman–Crippen LogP) is 2.97. The molecule has 0 aromatic carbocycles. The Hall–Kier alpha value is -1.50. The highest BCUT2D eigenvalue weighted by Gasteiger charge is 2.24. The second-order valence-corrected chi connectivity index (χ2v) is 7.54. The highest BCUT2D eigenvalue weighted by atomic mass is 16.1. The van der Waals surface area contributed by atoms with Crippen molar-refractivity contribution in [3.8, 4) is 6.07 Å². The maximum Gasteiger partial charge on any atom is 0.263 e. The molecular weight excluding hydrogens is 250 g/mol. The SMILES string of the molecule is CC(C)CNC(=O)/C(C#N)=C\NC(C)(C)CC(C)(C)C. The van der Waals surface area contributed by atoms with E-state index in [4.69, 9.17) is 5.26 Å². The normalized spacial score (nSPS) is 13.1. The van der Waals surface area contributed by atoms with Crippen molar-refractivity contribution in [2.24, 2.45) is 11.3 Å². The number of nitrogens with one attached hydrogen (secondary N) is 2. The molecule has 0 aliphatic rings. The summed E-state index contributed by atoms with van der Waals surface area (Å²) >= 11 is 0. The van der Waals surface area contributed by atoms with E-state index in [0.29, 0.717) is 12.5 Å². The molecule has 4 nitrogen and oxygen atoms in total. The number of rotatable bonds is 6. The fourth-order valence-corrected chi connectivity index (χ4v) is 2.19. The van der Waals surface area contributed by atoms with Gasteiger partial charge in [0.25, 0.3) is 5.91 Å². The molecular formula is C16H29N3O. The monoisotopic (exact) mass is 279 g/mol. The molecule has 0 rings (SSSR count). The van der Waals surface area contributed by atoms with Gasteiger partial charge in [0.1, 0.15) is 11.6 Å². The van der Waals surface area contributed by atoms with Gasteiger partial charge in [0.15, 0.2) is 0 Å². The van der Waals surface area contributed by atoms with Gasteiger partial charge in [-0.1, -0.05) is 34.6 Å². The molecule has 0 radical (unpaired) electrons. The van der Waals surface area contributed by atoms with Crippen LogP contribution in [0.1, 0.15) is 54.9 Å². The van der Waals surface area contributed by atoms with Gasteiger partial charge in [-0.3, -0.25) is 4.79 Å². The van der Waals surface area contributed by atoms with Gasteiger partial charge < -0.3 is 10.6 Å². The number of hydrogen-bond donors (Lipinski definition) is 2. The fraction of sp³-hybridized carbons (Fsp3) is 0.750. The zero-order chi connectivity index (χ0) is 16.0. The average Bonchev–Trinajstić information content (AvgIpc) is 2.23. The summed E-state index contributed by atoms with van der Waals surface area (Å²) in [6, 6.07) is 1.95. The van der Waals surface area contributed by atoms with Gasteiger partial charge in [0.2, 0.25) is 0 Å². The first-order chi connectivity index (χ1) is 8.97. The molecule has 0 bridgehead atoms. The first-order valence-electron chi connectivity index (χ1n) is 7.13. The van der Waals surface area contributed by atoms with E-state index in [1.807, 2.05) is 19.9 Å². The molecule has 0 aromatic heterocycles. The summed E-state index contributed by atoms with van der Waals surface area (Å²) in [5.74, 6) is 0.0458. The minimum Gasteiger partial charge on any atom is -0.385 e. The van der Waals surface area contributed by atoms with Crippen LogP contribution in [-0.2, 0) is 4.79 Å². The molecule has 0 atom stereocenters. The lowest BCUT2D eigenvalue weighted by molar-refractivity contribution is -0.117. The number of amides is 1.